The van der Waals surface area contributed by atoms with Gasteiger partial charge in [-0.05, 0) is 59.9 Å². The third-order valence-electron chi connectivity index (χ3n) is 3.69. The zero-order valence-corrected chi connectivity index (χ0v) is 11.1. The van der Waals surface area contributed by atoms with E-state index in [-0.39, 0.29) is 5.82 Å². The van der Waals surface area contributed by atoms with Crippen molar-refractivity contribution in [1.82, 2.24) is 0 Å². The Kier molecular flexibility index (Phi) is 2.93. The van der Waals surface area contributed by atoms with E-state index in [1.54, 1.807) is 25.1 Å². The van der Waals surface area contributed by atoms with Gasteiger partial charge in [-0.1, -0.05) is 12.1 Å². The van der Waals surface area contributed by atoms with E-state index in [9.17, 15) is 9.18 Å². The lowest BCUT2D eigenvalue weighted by molar-refractivity contribution is 0.202. The SMILES string of the molecule is CCN(C(=O)O)c1ccc2c(c1)Cc1cc(F)ccc1-2. The molecule has 1 N–H and O–H groups in total. The summed E-state index contributed by atoms with van der Waals surface area (Å²) in [5, 5.41) is 9.16. The maximum Gasteiger partial charge on any atom is 0.411 e. The van der Waals surface area contributed by atoms with Crippen LogP contribution in [0.3, 0.4) is 0 Å². The van der Waals surface area contributed by atoms with Crippen molar-refractivity contribution >= 4 is 11.8 Å². The first kappa shape index (κ1) is 12.7. The van der Waals surface area contributed by atoms with Gasteiger partial charge in [0.05, 0.1) is 0 Å². The van der Waals surface area contributed by atoms with E-state index >= 15 is 0 Å². The number of benzene rings is 2. The molecule has 0 heterocycles. The van der Waals surface area contributed by atoms with E-state index < -0.39 is 6.09 Å². The van der Waals surface area contributed by atoms with Gasteiger partial charge in [0.2, 0.25) is 0 Å². The largest absolute Gasteiger partial charge is 0.465 e. The van der Waals surface area contributed by atoms with Crippen LogP contribution in [0.15, 0.2) is 36.4 Å². The van der Waals surface area contributed by atoms with Crippen molar-refractivity contribution in [3.8, 4) is 11.1 Å². The summed E-state index contributed by atoms with van der Waals surface area (Å²) >= 11 is 0. The Morgan fingerprint density at radius 1 is 1.20 bits per heavy atom. The van der Waals surface area contributed by atoms with Gasteiger partial charge in [0, 0.05) is 12.2 Å². The summed E-state index contributed by atoms with van der Waals surface area (Å²) in [5.41, 5.74) is 4.75. The molecule has 1 amide bonds. The standard InChI is InChI=1S/C16H14FNO2/c1-2-18(16(19)20)13-4-6-15-11(9-13)7-10-8-12(17)3-5-14(10)15/h3-6,8-9H,2,7H2,1H3,(H,19,20). The number of nitrogens with zero attached hydrogens (tertiary/aromatic N) is 1. The molecular formula is C16H14FNO2. The Labute approximate surface area is 116 Å². The monoisotopic (exact) mass is 271 g/mol. The van der Waals surface area contributed by atoms with Gasteiger partial charge in [0.15, 0.2) is 0 Å². The van der Waals surface area contributed by atoms with Gasteiger partial charge < -0.3 is 5.11 Å². The number of carboxylic acid groups (broad SMARTS) is 1. The van der Waals surface area contributed by atoms with E-state index in [4.69, 9.17) is 5.11 Å². The second-order valence-corrected chi connectivity index (χ2v) is 4.85. The van der Waals surface area contributed by atoms with Crippen molar-refractivity contribution in [2.75, 3.05) is 11.4 Å². The summed E-state index contributed by atoms with van der Waals surface area (Å²) in [6.07, 6.45) is -0.318. The van der Waals surface area contributed by atoms with Gasteiger partial charge in [-0.3, -0.25) is 4.90 Å². The smallest absolute Gasteiger partial charge is 0.411 e. The minimum Gasteiger partial charge on any atom is -0.465 e. The first-order valence-electron chi connectivity index (χ1n) is 6.52. The summed E-state index contributed by atoms with van der Waals surface area (Å²) in [6, 6.07) is 10.4. The third kappa shape index (κ3) is 1.93. The lowest BCUT2D eigenvalue weighted by Crippen LogP contribution is -2.28. The van der Waals surface area contributed by atoms with E-state index in [2.05, 4.69) is 0 Å². The lowest BCUT2D eigenvalue weighted by Gasteiger charge is -2.18. The Morgan fingerprint density at radius 3 is 2.50 bits per heavy atom. The van der Waals surface area contributed by atoms with Crippen LogP contribution < -0.4 is 4.90 Å². The maximum atomic E-state index is 13.3. The first-order valence-corrected chi connectivity index (χ1v) is 6.52. The highest BCUT2D eigenvalue weighted by molar-refractivity contribution is 5.88. The fourth-order valence-corrected chi connectivity index (χ4v) is 2.76. The van der Waals surface area contributed by atoms with Crippen LogP contribution in [-0.4, -0.2) is 17.7 Å². The number of amides is 1. The summed E-state index contributed by atoms with van der Waals surface area (Å²) < 4.78 is 13.3. The number of carbonyl (C=O) groups is 1. The minimum atomic E-state index is -0.964. The molecule has 3 nitrogen and oxygen atoms in total. The van der Waals surface area contributed by atoms with Crippen LogP contribution in [0.1, 0.15) is 18.1 Å². The van der Waals surface area contributed by atoms with Gasteiger partial charge >= 0.3 is 6.09 Å². The molecule has 0 radical (unpaired) electrons. The quantitative estimate of drug-likeness (QED) is 0.768. The minimum absolute atomic E-state index is 0.238. The van der Waals surface area contributed by atoms with Crippen LogP contribution in [0.2, 0.25) is 0 Å². The van der Waals surface area contributed by atoms with Gasteiger partial charge in [0.25, 0.3) is 0 Å². The average Bonchev–Trinajstić information content (AvgIpc) is 2.75. The Hall–Kier alpha value is -2.36. The molecule has 0 bridgehead atoms. The van der Waals surface area contributed by atoms with Gasteiger partial charge in [-0.15, -0.1) is 0 Å². The maximum absolute atomic E-state index is 13.3. The average molecular weight is 271 g/mol. The second kappa shape index (κ2) is 4.63. The van der Waals surface area contributed by atoms with Crippen LogP contribution in [0.4, 0.5) is 14.9 Å². The normalized spacial score (nSPS) is 11.9. The Bertz CT molecular complexity index is 697. The van der Waals surface area contributed by atoms with E-state index in [1.807, 2.05) is 12.1 Å². The molecular weight excluding hydrogens is 257 g/mol. The molecule has 0 aliphatic heterocycles. The Balaban J connectivity index is 2.04. The van der Waals surface area contributed by atoms with Crippen molar-refractivity contribution in [2.45, 2.75) is 13.3 Å². The van der Waals surface area contributed by atoms with E-state index in [1.165, 1.54) is 11.0 Å². The number of anilines is 1. The zero-order valence-electron chi connectivity index (χ0n) is 11.1. The van der Waals surface area contributed by atoms with Gasteiger partial charge in [-0.2, -0.15) is 0 Å². The molecule has 2 aromatic carbocycles. The van der Waals surface area contributed by atoms with Crippen molar-refractivity contribution in [3.05, 3.63) is 53.3 Å². The highest BCUT2D eigenvalue weighted by Crippen LogP contribution is 2.38. The molecule has 2 aromatic rings. The first-order chi connectivity index (χ1) is 9.60. The second-order valence-electron chi connectivity index (χ2n) is 4.85. The zero-order chi connectivity index (χ0) is 14.3. The van der Waals surface area contributed by atoms with E-state index in [0.29, 0.717) is 18.7 Å². The molecule has 1 aliphatic carbocycles. The number of halogens is 1. The molecule has 20 heavy (non-hydrogen) atoms. The van der Waals surface area contributed by atoms with Crippen LogP contribution in [0.25, 0.3) is 11.1 Å². The highest BCUT2D eigenvalue weighted by atomic mass is 19.1. The number of rotatable bonds is 2. The molecule has 0 saturated carbocycles. The van der Waals surface area contributed by atoms with Crippen LogP contribution >= 0.6 is 0 Å². The fraction of sp³-hybridized carbons (Fsp3) is 0.188. The number of fused-ring (bicyclic) bond motifs is 3. The summed E-state index contributed by atoms with van der Waals surface area (Å²) in [7, 11) is 0. The topological polar surface area (TPSA) is 40.5 Å². The summed E-state index contributed by atoms with van der Waals surface area (Å²) in [4.78, 5) is 12.5. The third-order valence-corrected chi connectivity index (χ3v) is 3.69. The fourth-order valence-electron chi connectivity index (χ4n) is 2.76. The predicted molar refractivity (Wildman–Crippen MR) is 75.7 cm³/mol. The predicted octanol–water partition coefficient (Wildman–Crippen LogP) is 3.90. The van der Waals surface area contributed by atoms with Gasteiger partial charge in [-0.25, -0.2) is 9.18 Å². The highest BCUT2D eigenvalue weighted by Gasteiger charge is 2.21. The van der Waals surface area contributed by atoms with Crippen molar-refractivity contribution < 1.29 is 14.3 Å². The number of hydrogen-bond donors (Lipinski definition) is 1. The molecule has 3 rings (SSSR count). The van der Waals surface area contributed by atoms with Crippen molar-refractivity contribution in [2.24, 2.45) is 0 Å². The van der Waals surface area contributed by atoms with Gasteiger partial charge in [0.1, 0.15) is 5.82 Å². The van der Waals surface area contributed by atoms with Crippen molar-refractivity contribution in [3.63, 3.8) is 0 Å². The van der Waals surface area contributed by atoms with Crippen molar-refractivity contribution in [1.29, 1.82) is 0 Å². The molecule has 0 fully saturated rings. The molecule has 0 aromatic heterocycles. The molecule has 4 heteroatoms. The summed E-state index contributed by atoms with van der Waals surface area (Å²) in [5.74, 6) is -0.238. The molecule has 102 valence electrons. The van der Waals surface area contributed by atoms with Crippen LogP contribution in [0.5, 0.6) is 0 Å². The lowest BCUT2D eigenvalue weighted by atomic mass is 10.1. The molecule has 1 aliphatic rings. The molecule has 0 saturated heterocycles. The van der Waals surface area contributed by atoms with Crippen LogP contribution in [-0.2, 0) is 6.42 Å². The molecule has 0 unspecified atom stereocenters. The number of hydrogen-bond acceptors (Lipinski definition) is 1. The molecule has 0 spiro atoms. The van der Waals surface area contributed by atoms with E-state index in [0.717, 1.165) is 22.3 Å². The van der Waals surface area contributed by atoms with Crippen LogP contribution in [0, 0.1) is 5.82 Å². The Morgan fingerprint density at radius 2 is 1.85 bits per heavy atom. The molecule has 0 atom stereocenters. The summed E-state index contributed by atoms with van der Waals surface area (Å²) in [6.45, 7) is 2.20.